The number of benzene rings is 1. The van der Waals surface area contributed by atoms with E-state index in [9.17, 15) is 14.7 Å². The molecule has 3 N–H and O–H groups in total. The summed E-state index contributed by atoms with van der Waals surface area (Å²) < 4.78 is 2.22. The minimum absolute atomic E-state index is 0.217. The van der Waals surface area contributed by atoms with E-state index in [0.29, 0.717) is 18.2 Å². The molecule has 1 saturated heterocycles. The first-order valence-corrected chi connectivity index (χ1v) is 9.32. The van der Waals surface area contributed by atoms with E-state index in [2.05, 4.69) is 40.1 Å². The standard InChI is InChI=1S/C21H23N3O3/c1-3-12-10-15(21(26)27)20(25)23-19(12)13-6-7-17-14(9-13)11-18(24(17)2)16-5-4-8-22-16/h6-7,9-11,16,22H,3-5,8H2,1-2H3,(H,23,25)(H,26,27). The Hall–Kier alpha value is -2.86. The number of aromatic amines is 1. The van der Waals surface area contributed by atoms with Gasteiger partial charge in [-0.15, -0.1) is 0 Å². The summed E-state index contributed by atoms with van der Waals surface area (Å²) in [6.07, 6.45) is 2.96. The Labute approximate surface area is 156 Å². The lowest BCUT2D eigenvalue weighted by Crippen LogP contribution is -2.19. The summed E-state index contributed by atoms with van der Waals surface area (Å²) in [6, 6.07) is 10.2. The molecule has 1 aliphatic heterocycles. The van der Waals surface area contributed by atoms with E-state index >= 15 is 0 Å². The van der Waals surface area contributed by atoms with Crippen LogP contribution in [0, 0.1) is 0 Å². The van der Waals surface area contributed by atoms with Crippen molar-refractivity contribution in [3.8, 4) is 11.3 Å². The molecule has 3 aromatic rings. The molecule has 1 aromatic carbocycles. The van der Waals surface area contributed by atoms with Gasteiger partial charge < -0.3 is 20.0 Å². The van der Waals surface area contributed by atoms with Crippen LogP contribution in [0.4, 0.5) is 0 Å². The van der Waals surface area contributed by atoms with Gasteiger partial charge in [-0.2, -0.15) is 0 Å². The number of H-pyrrole nitrogens is 1. The summed E-state index contributed by atoms with van der Waals surface area (Å²) in [5.41, 5.74) is 4.03. The van der Waals surface area contributed by atoms with E-state index in [1.54, 1.807) is 0 Å². The van der Waals surface area contributed by atoms with Crippen LogP contribution in [0.25, 0.3) is 22.2 Å². The van der Waals surface area contributed by atoms with Crippen LogP contribution in [-0.4, -0.2) is 27.2 Å². The second kappa shape index (κ2) is 6.70. The van der Waals surface area contributed by atoms with Crippen molar-refractivity contribution in [2.24, 2.45) is 7.05 Å². The second-order valence-electron chi connectivity index (χ2n) is 7.12. The minimum atomic E-state index is -1.20. The first-order valence-electron chi connectivity index (χ1n) is 9.32. The molecule has 0 bridgehead atoms. The molecule has 4 rings (SSSR count). The van der Waals surface area contributed by atoms with Gasteiger partial charge in [-0.3, -0.25) is 4.79 Å². The number of carboxylic acids is 1. The van der Waals surface area contributed by atoms with Crippen molar-refractivity contribution in [1.29, 1.82) is 0 Å². The zero-order chi connectivity index (χ0) is 19.1. The van der Waals surface area contributed by atoms with Crippen LogP contribution >= 0.6 is 0 Å². The number of fused-ring (bicyclic) bond motifs is 1. The maximum absolute atomic E-state index is 12.2. The predicted octanol–water partition coefficient (Wildman–Crippen LogP) is 3.22. The molecule has 3 heterocycles. The molecule has 0 spiro atoms. The Morgan fingerprint density at radius 1 is 1.30 bits per heavy atom. The Balaban J connectivity index is 1.84. The SMILES string of the molecule is CCc1cc(C(=O)O)c(=O)[nH]c1-c1ccc2c(c1)cc(C1CCCN1)n2C. The Kier molecular flexibility index (Phi) is 4.36. The zero-order valence-electron chi connectivity index (χ0n) is 15.5. The smallest absolute Gasteiger partial charge is 0.341 e. The van der Waals surface area contributed by atoms with Crippen LogP contribution in [-0.2, 0) is 13.5 Å². The molecule has 1 fully saturated rings. The number of aromatic carboxylic acids is 1. The highest BCUT2D eigenvalue weighted by Crippen LogP contribution is 2.31. The molecule has 2 aromatic heterocycles. The van der Waals surface area contributed by atoms with Crippen LogP contribution < -0.4 is 10.9 Å². The Bertz CT molecular complexity index is 1090. The van der Waals surface area contributed by atoms with Crippen LogP contribution in [0.3, 0.4) is 0 Å². The summed E-state index contributed by atoms with van der Waals surface area (Å²) in [7, 11) is 2.08. The molecule has 1 atom stereocenters. The number of aromatic nitrogens is 2. The fourth-order valence-corrected chi connectivity index (χ4v) is 4.07. The van der Waals surface area contributed by atoms with E-state index < -0.39 is 11.5 Å². The van der Waals surface area contributed by atoms with Gasteiger partial charge >= 0.3 is 5.97 Å². The number of nitrogens with one attached hydrogen (secondary N) is 2. The number of hydrogen-bond acceptors (Lipinski definition) is 3. The first-order chi connectivity index (χ1) is 13.0. The van der Waals surface area contributed by atoms with Crippen molar-refractivity contribution in [1.82, 2.24) is 14.9 Å². The summed E-state index contributed by atoms with van der Waals surface area (Å²) in [5.74, 6) is -1.20. The highest BCUT2D eigenvalue weighted by atomic mass is 16.4. The van der Waals surface area contributed by atoms with Crippen LogP contribution in [0.5, 0.6) is 0 Å². The summed E-state index contributed by atoms with van der Waals surface area (Å²) >= 11 is 0. The lowest BCUT2D eigenvalue weighted by Gasteiger charge is -2.12. The lowest BCUT2D eigenvalue weighted by atomic mass is 10.0. The van der Waals surface area contributed by atoms with E-state index in [1.165, 1.54) is 18.2 Å². The molecule has 140 valence electrons. The van der Waals surface area contributed by atoms with Gasteiger partial charge in [-0.1, -0.05) is 13.0 Å². The molecule has 0 amide bonds. The number of nitrogens with zero attached hydrogens (tertiary/aromatic N) is 1. The minimum Gasteiger partial charge on any atom is -0.477 e. The van der Waals surface area contributed by atoms with Gasteiger partial charge in [0.25, 0.3) is 5.56 Å². The third-order valence-electron chi connectivity index (χ3n) is 5.52. The summed E-state index contributed by atoms with van der Waals surface area (Å²) in [4.78, 5) is 26.2. The lowest BCUT2D eigenvalue weighted by molar-refractivity contribution is 0.0695. The van der Waals surface area contributed by atoms with Crippen molar-refractivity contribution >= 4 is 16.9 Å². The zero-order valence-corrected chi connectivity index (χ0v) is 15.5. The average Bonchev–Trinajstić information content (AvgIpc) is 3.29. The number of pyridine rings is 1. The van der Waals surface area contributed by atoms with Crippen LogP contribution in [0.15, 0.2) is 35.1 Å². The fourth-order valence-electron chi connectivity index (χ4n) is 4.07. The van der Waals surface area contributed by atoms with E-state index in [-0.39, 0.29) is 5.56 Å². The molecule has 0 aliphatic carbocycles. The van der Waals surface area contributed by atoms with Gasteiger partial charge in [0.2, 0.25) is 0 Å². The molecule has 0 saturated carbocycles. The third-order valence-corrected chi connectivity index (χ3v) is 5.52. The molecule has 1 aliphatic rings. The second-order valence-corrected chi connectivity index (χ2v) is 7.12. The molecule has 6 heteroatoms. The van der Waals surface area contributed by atoms with Gasteiger partial charge in [0.15, 0.2) is 0 Å². The van der Waals surface area contributed by atoms with E-state index in [4.69, 9.17) is 0 Å². The van der Waals surface area contributed by atoms with E-state index in [0.717, 1.165) is 35.0 Å². The van der Waals surface area contributed by atoms with Gasteiger partial charge in [-0.25, -0.2) is 4.79 Å². The molecule has 6 nitrogen and oxygen atoms in total. The maximum atomic E-state index is 12.2. The Morgan fingerprint density at radius 2 is 2.11 bits per heavy atom. The monoisotopic (exact) mass is 365 g/mol. The fraction of sp³-hybridized carbons (Fsp3) is 0.333. The number of rotatable bonds is 4. The summed E-state index contributed by atoms with van der Waals surface area (Å²) in [6.45, 7) is 3.00. The highest BCUT2D eigenvalue weighted by Gasteiger charge is 2.21. The van der Waals surface area contributed by atoms with Crippen molar-refractivity contribution < 1.29 is 9.90 Å². The molecular weight excluding hydrogens is 342 g/mol. The topological polar surface area (TPSA) is 87.1 Å². The van der Waals surface area contributed by atoms with Gasteiger partial charge in [0.05, 0.1) is 5.69 Å². The normalized spacial score (nSPS) is 16.9. The number of carbonyl (C=O) groups is 1. The average molecular weight is 365 g/mol. The predicted molar refractivity (Wildman–Crippen MR) is 105 cm³/mol. The van der Waals surface area contributed by atoms with Crippen molar-refractivity contribution in [3.63, 3.8) is 0 Å². The Morgan fingerprint density at radius 3 is 2.78 bits per heavy atom. The highest BCUT2D eigenvalue weighted by molar-refractivity contribution is 5.89. The van der Waals surface area contributed by atoms with Gasteiger partial charge in [0, 0.05) is 29.7 Å². The molecule has 27 heavy (non-hydrogen) atoms. The molecule has 0 radical (unpaired) electrons. The van der Waals surface area contributed by atoms with Crippen molar-refractivity contribution in [2.75, 3.05) is 6.54 Å². The third kappa shape index (κ3) is 2.96. The van der Waals surface area contributed by atoms with Gasteiger partial charge in [-0.05, 0) is 61.2 Å². The first kappa shape index (κ1) is 17.5. The molecular formula is C21H23N3O3. The maximum Gasteiger partial charge on any atom is 0.341 e. The number of carboxylic acid groups (broad SMARTS) is 1. The van der Waals surface area contributed by atoms with Crippen LogP contribution in [0.1, 0.15) is 47.4 Å². The molecule has 1 unspecified atom stereocenters. The quantitative estimate of drug-likeness (QED) is 0.662. The number of hydrogen-bond donors (Lipinski definition) is 3. The van der Waals surface area contributed by atoms with Crippen molar-refractivity contribution in [3.05, 3.63) is 57.5 Å². The van der Waals surface area contributed by atoms with Crippen molar-refractivity contribution in [2.45, 2.75) is 32.2 Å². The summed E-state index contributed by atoms with van der Waals surface area (Å²) in [5, 5.41) is 13.9. The largest absolute Gasteiger partial charge is 0.477 e. The number of aryl methyl sites for hydroxylation is 2. The van der Waals surface area contributed by atoms with Crippen LogP contribution in [0.2, 0.25) is 0 Å². The van der Waals surface area contributed by atoms with E-state index in [1.807, 2.05) is 13.0 Å². The van der Waals surface area contributed by atoms with Gasteiger partial charge in [0.1, 0.15) is 5.56 Å².